The number of carbonyl (C=O) groups excluding carboxylic acids is 2. The van der Waals surface area contributed by atoms with Crippen molar-refractivity contribution in [3.8, 4) is 11.3 Å². The van der Waals surface area contributed by atoms with Gasteiger partial charge < -0.3 is 19.6 Å². The van der Waals surface area contributed by atoms with Gasteiger partial charge in [0.05, 0.1) is 28.9 Å². The zero-order valence-electron chi connectivity index (χ0n) is 22.4. The maximum Gasteiger partial charge on any atom is 0.224 e. The van der Waals surface area contributed by atoms with Crippen LogP contribution in [0.15, 0.2) is 45.9 Å². The molecule has 202 valence electrons. The number of hydrogen-bond acceptors (Lipinski definition) is 6. The van der Waals surface area contributed by atoms with E-state index < -0.39 is 0 Å². The summed E-state index contributed by atoms with van der Waals surface area (Å²) in [7, 11) is 2.14. The van der Waals surface area contributed by atoms with Crippen molar-refractivity contribution < 1.29 is 14.0 Å². The molecule has 2 N–H and O–H groups in total. The Kier molecular flexibility index (Phi) is 7.79. The smallest absolute Gasteiger partial charge is 0.224 e. The van der Waals surface area contributed by atoms with E-state index in [0.29, 0.717) is 47.3 Å². The Balaban J connectivity index is 1.31. The third-order valence-electron chi connectivity index (χ3n) is 8.54. The molecule has 1 aromatic carbocycles. The predicted octanol–water partition coefficient (Wildman–Crippen LogP) is 5.00. The molecule has 2 atom stereocenters. The minimum atomic E-state index is -0.283. The Hall–Kier alpha value is -3.26. The van der Waals surface area contributed by atoms with Crippen molar-refractivity contribution in [3.63, 3.8) is 0 Å². The standard InChI is InChI=1S/C30H38N4O4/c1-3-20(35)9-5-4-6-11-24(33-29(37)23-17-30(23)13-15-34(2)16-14-30)28-31-18-25(32-28)22-19-38-26-12-8-7-10-21(26)27(22)36/h7-8,10,12,18-19,23-24H,3-6,9,11,13-17H2,1-2H3,(H,31,32)(H,33,37)/t23-,24+/m1/s1. The molecular formula is C30H38N4O4. The lowest BCUT2D eigenvalue weighted by Gasteiger charge is -2.30. The van der Waals surface area contributed by atoms with Gasteiger partial charge in [0.15, 0.2) is 0 Å². The number of para-hydroxylation sites is 1. The second kappa shape index (κ2) is 11.2. The van der Waals surface area contributed by atoms with Gasteiger partial charge in [0.25, 0.3) is 0 Å². The number of unbranched alkanes of at least 4 members (excludes halogenated alkanes) is 2. The predicted molar refractivity (Wildman–Crippen MR) is 147 cm³/mol. The number of benzene rings is 1. The molecule has 0 bridgehead atoms. The van der Waals surface area contributed by atoms with Crippen molar-refractivity contribution in [2.45, 2.75) is 70.8 Å². The third kappa shape index (κ3) is 5.60. The molecule has 1 aliphatic carbocycles. The molecule has 2 fully saturated rings. The quantitative estimate of drug-likeness (QED) is 0.346. The molecule has 8 nitrogen and oxygen atoms in total. The van der Waals surface area contributed by atoms with E-state index in [2.05, 4.69) is 27.2 Å². The fourth-order valence-corrected chi connectivity index (χ4v) is 5.82. The van der Waals surface area contributed by atoms with E-state index in [1.165, 1.54) is 6.26 Å². The van der Waals surface area contributed by atoms with E-state index in [4.69, 9.17) is 4.42 Å². The van der Waals surface area contributed by atoms with Gasteiger partial charge in [-0.05, 0) is 69.8 Å². The molecule has 1 spiro atoms. The minimum Gasteiger partial charge on any atom is -0.463 e. The molecule has 1 saturated carbocycles. The van der Waals surface area contributed by atoms with Crippen molar-refractivity contribution in [1.82, 2.24) is 20.2 Å². The number of nitrogens with zero attached hydrogens (tertiary/aromatic N) is 2. The topological polar surface area (TPSA) is 108 Å². The molecule has 3 aromatic rings. The summed E-state index contributed by atoms with van der Waals surface area (Å²) < 4.78 is 5.70. The van der Waals surface area contributed by atoms with E-state index in [-0.39, 0.29) is 34.5 Å². The lowest BCUT2D eigenvalue weighted by Crippen LogP contribution is -2.36. The Morgan fingerprint density at radius 2 is 2.00 bits per heavy atom. The Bertz CT molecular complexity index is 1350. The molecule has 3 heterocycles. The summed E-state index contributed by atoms with van der Waals surface area (Å²) in [5.41, 5.74) is 1.56. The SMILES string of the molecule is CCC(=O)CCCCC[C@H](NC(=O)[C@H]1CC12CCN(C)CC2)c1ncc(-c2coc3ccccc3c2=O)[nH]1. The molecule has 0 radical (unpaired) electrons. The normalized spacial score (nSPS) is 19.5. The second-order valence-corrected chi connectivity index (χ2v) is 11.1. The van der Waals surface area contributed by atoms with Crippen LogP contribution < -0.4 is 10.7 Å². The van der Waals surface area contributed by atoms with Crippen LogP contribution in [0.2, 0.25) is 0 Å². The van der Waals surface area contributed by atoms with Gasteiger partial charge in [-0.3, -0.25) is 14.4 Å². The highest BCUT2D eigenvalue weighted by Gasteiger charge is 2.58. The fourth-order valence-electron chi connectivity index (χ4n) is 5.82. The summed E-state index contributed by atoms with van der Waals surface area (Å²) in [4.78, 5) is 48.3. The second-order valence-electron chi connectivity index (χ2n) is 11.1. The molecular weight excluding hydrogens is 480 g/mol. The van der Waals surface area contributed by atoms with E-state index >= 15 is 0 Å². The number of aromatic amines is 1. The number of fused-ring (bicyclic) bond motifs is 1. The summed E-state index contributed by atoms with van der Waals surface area (Å²) in [6.07, 6.45) is 10.8. The third-order valence-corrected chi connectivity index (χ3v) is 8.54. The summed E-state index contributed by atoms with van der Waals surface area (Å²) in [5.74, 6) is 1.09. The number of carbonyl (C=O) groups is 2. The lowest BCUT2D eigenvalue weighted by molar-refractivity contribution is -0.124. The van der Waals surface area contributed by atoms with Crippen LogP contribution in [-0.2, 0) is 9.59 Å². The number of aromatic nitrogens is 2. The van der Waals surface area contributed by atoms with E-state index in [0.717, 1.165) is 51.6 Å². The summed E-state index contributed by atoms with van der Waals surface area (Å²) >= 11 is 0. The molecule has 2 aromatic heterocycles. The van der Waals surface area contributed by atoms with Gasteiger partial charge in [0.2, 0.25) is 11.3 Å². The summed E-state index contributed by atoms with van der Waals surface area (Å²) in [6.45, 7) is 3.98. The number of H-pyrrole nitrogens is 1. The Labute approximate surface area is 223 Å². The molecule has 2 aliphatic rings. The van der Waals surface area contributed by atoms with Gasteiger partial charge in [-0.2, -0.15) is 0 Å². The van der Waals surface area contributed by atoms with Gasteiger partial charge in [-0.1, -0.05) is 31.9 Å². The first-order chi connectivity index (χ1) is 18.4. The number of likely N-dealkylation sites (tertiary alicyclic amines) is 1. The van der Waals surface area contributed by atoms with Crippen molar-refractivity contribution in [3.05, 3.63) is 52.8 Å². The van der Waals surface area contributed by atoms with Gasteiger partial charge >= 0.3 is 0 Å². The first-order valence-corrected chi connectivity index (χ1v) is 14.0. The number of nitrogens with one attached hydrogen (secondary N) is 2. The zero-order chi connectivity index (χ0) is 26.7. The van der Waals surface area contributed by atoms with Crippen molar-refractivity contribution >= 4 is 22.7 Å². The molecule has 5 rings (SSSR count). The number of imidazole rings is 1. The first kappa shape index (κ1) is 26.4. The summed E-state index contributed by atoms with van der Waals surface area (Å²) in [6, 6.07) is 6.89. The highest BCUT2D eigenvalue weighted by Crippen LogP contribution is 2.59. The molecule has 1 amide bonds. The molecule has 0 unspecified atom stereocenters. The van der Waals surface area contributed by atoms with Crippen LogP contribution in [0.3, 0.4) is 0 Å². The average Bonchev–Trinajstić information content (AvgIpc) is 3.42. The van der Waals surface area contributed by atoms with Crippen LogP contribution in [0.1, 0.15) is 76.6 Å². The maximum absolute atomic E-state index is 13.4. The van der Waals surface area contributed by atoms with Crippen LogP contribution in [0.5, 0.6) is 0 Å². The monoisotopic (exact) mass is 518 g/mol. The van der Waals surface area contributed by atoms with Crippen molar-refractivity contribution in [2.24, 2.45) is 11.3 Å². The largest absolute Gasteiger partial charge is 0.463 e. The van der Waals surface area contributed by atoms with E-state index in [9.17, 15) is 14.4 Å². The number of amides is 1. The minimum absolute atomic E-state index is 0.0582. The maximum atomic E-state index is 13.4. The van der Waals surface area contributed by atoms with Gasteiger partial charge in [-0.15, -0.1) is 0 Å². The number of Topliss-reactive ketones (excluding diaryl/α,β-unsaturated/α-hetero) is 1. The van der Waals surface area contributed by atoms with E-state index in [1.54, 1.807) is 18.3 Å². The highest BCUT2D eigenvalue weighted by molar-refractivity contribution is 5.83. The van der Waals surface area contributed by atoms with Gasteiger partial charge in [-0.25, -0.2) is 4.98 Å². The van der Waals surface area contributed by atoms with E-state index in [1.807, 2.05) is 19.1 Å². The van der Waals surface area contributed by atoms with Gasteiger partial charge in [0, 0.05) is 18.8 Å². The molecule has 38 heavy (non-hydrogen) atoms. The number of rotatable bonds is 11. The van der Waals surface area contributed by atoms with Crippen LogP contribution in [-0.4, -0.2) is 46.7 Å². The number of piperidine rings is 1. The average molecular weight is 519 g/mol. The number of ketones is 1. The fraction of sp³-hybridized carbons (Fsp3) is 0.533. The molecule has 1 aliphatic heterocycles. The van der Waals surface area contributed by atoms with Gasteiger partial charge in [0.1, 0.15) is 23.5 Å². The van der Waals surface area contributed by atoms with Crippen LogP contribution in [0, 0.1) is 11.3 Å². The Morgan fingerprint density at radius 1 is 1.21 bits per heavy atom. The highest BCUT2D eigenvalue weighted by atomic mass is 16.3. The lowest BCUT2D eigenvalue weighted by atomic mass is 9.91. The van der Waals surface area contributed by atoms with Crippen molar-refractivity contribution in [2.75, 3.05) is 20.1 Å². The number of hydrogen-bond donors (Lipinski definition) is 2. The zero-order valence-corrected chi connectivity index (χ0v) is 22.4. The van der Waals surface area contributed by atoms with Crippen molar-refractivity contribution in [1.29, 1.82) is 0 Å². The van der Waals surface area contributed by atoms with Crippen LogP contribution in [0.25, 0.3) is 22.2 Å². The van der Waals surface area contributed by atoms with Crippen LogP contribution >= 0.6 is 0 Å². The van der Waals surface area contributed by atoms with Crippen LogP contribution in [0.4, 0.5) is 0 Å². The Morgan fingerprint density at radius 3 is 2.79 bits per heavy atom. The molecule has 8 heteroatoms. The molecule has 1 saturated heterocycles. The first-order valence-electron chi connectivity index (χ1n) is 14.0. The summed E-state index contributed by atoms with van der Waals surface area (Å²) in [5, 5.41) is 3.80.